The minimum atomic E-state index is -0.700. The second-order valence-electron chi connectivity index (χ2n) is 10.2. The number of hydrogen-bond donors (Lipinski definition) is 1. The molecule has 6 nitrogen and oxygen atoms in total. The highest BCUT2D eigenvalue weighted by molar-refractivity contribution is 5.99. The monoisotopic (exact) mass is 492 g/mol. The Morgan fingerprint density at radius 3 is 2.53 bits per heavy atom. The minimum Gasteiger partial charge on any atom is -0.456 e. The van der Waals surface area contributed by atoms with Gasteiger partial charge in [0.15, 0.2) is 0 Å². The van der Waals surface area contributed by atoms with Gasteiger partial charge >= 0.3 is 0 Å². The Morgan fingerprint density at radius 2 is 1.81 bits per heavy atom. The number of carbonyl (C=O) groups is 1. The summed E-state index contributed by atoms with van der Waals surface area (Å²) in [5.74, 6) is -0.543. The smallest absolute Gasteiger partial charge is 0.230 e. The van der Waals surface area contributed by atoms with Gasteiger partial charge in [-0.15, -0.1) is 0 Å². The van der Waals surface area contributed by atoms with Crippen LogP contribution in [0.1, 0.15) is 50.6 Å². The molecule has 36 heavy (non-hydrogen) atoms. The number of nitrogens with one attached hydrogen (secondary N) is 1. The van der Waals surface area contributed by atoms with Gasteiger partial charge in [0.1, 0.15) is 23.1 Å². The number of halogens is 2. The van der Waals surface area contributed by atoms with Crippen molar-refractivity contribution in [1.29, 1.82) is 0 Å². The lowest BCUT2D eigenvalue weighted by Gasteiger charge is -2.36. The summed E-state index contributed by atoms with van der Waals surface area (Å²) in [5, 5.41) is 8.02. The molecule has 1 N–H and O–H groups in total. The fourth-order valence-corrected chi connectivity index (χ4v) is 5.46. The Bertz CT molecular complexity index is 1280. The number of benzene rings is 2. The van der Waals surface area contributed by atoms with Gasteiger partial charge in [0, 0.05) is 53.0 Å². The van der Waals surface area contributed by atoms with E-state index >= 15 is 0 Å². The van der Waals surface area contributed by atoms with Crippen LogP contribution in [-0.2, 0) is 11.2 Å². The van der Waals surface area contributed by atoms with Crippen LogP contribution >= 0.6 is 0 Å². The van der Waals surface area contributed by atoms with Gasteiger partial charge in [-0.3, -0.25) is 9.48 Å². The predicted molar refractivity (Wildman–Crippen MR) is 133 cm³/mol. The topological polar surface area (TPSA) is 59.4 Å². The van der Waals surface area contributed by atoms with E-state index in [1.165, 1.54) is 12.1 Å². The van der Waals surface area contributed by atoms with E-state index in [-0.39, 0.29) is 23.6 Å². The van der Waals surface area contributed by atoms with Crippen molar-refractivity contribution >= 4 is 11.6 Å². The lowest BCUT2D eigenvalue weighted by molar-refractivity contribution is -0.120. The number of carbonyl (C=O) groups excluding carboxylic acids is 1. The summed E-state index contributed by atoms with van der Waals surface area (Å²) in [6, 6.07) is 7.53. The van der Waals surface area contributed by atoms with Crippen molar-refractivity contribution in [3.05, 3.63) is 59.9 Å². The first kappa shape index (κ1) is 23.2. The molecule has 0 radical (unpaired) electrons. The number of rotatable bonds is 5. The fraction of sp³-hybridized carbons (Fsp3) is 0.429. The number of fused-ring (bicyclic) bond motifs is 1. The van der Waals surface area contributed by atoms with E-state index in [0.29, 0.717) is 18.2 Å². The molecule has 3 aliphatic rings. The molecule has 1 saturated heterocycles. The number of ether oxygens (including phenoxy) is 1. The number of nitrogens with zero attached hydrogens (tertiary/aromatic N) is 3. The summed E-state index contributed by atoms with van der Waals surface area (Å²) in [6.45, 7) is 3.99. The van der Waals surface area contributed by atoms with Gasteiger partial charge in [-0.05, 0) is 70.7 Å². The minimum absolute atomic E-state index is 0.0820. The van der Waals surface area contributed by atoms with Crippen LogP contribution in [0.2, 0.25) is 0 Å². The molecule has 3 aromatic rings. The van der Waals surface area contributed by atoms with Crippen LogP contribution in [0, 0.1) is 17.6 Å². The molecular weight excluding hydrogens is 462 g/mol. The normalized spacial score (nSPS) is 20.3. The molecule has 2 fully saturated rings. The molecule has 0 unspecified atom stereocenters. The van der Waals surface area contributed by atoms with E-state index in [1.807, 2.05) is 34.1 Å². The Morgan fingerprint density at radius 1 is 1.06 bits per heavy atom. The summed E-state index contributed by atoms with van der Waals surface area (Å²) < 4.78 is 36.3. The van der Waals surface area contributed by atoms with Crippen molar-refractivity contribution in [1.82, 2.24) is 15.1 Å². The van der Waals surface area contributed by atoms with Gasteiger partial charge in [-0.2, -0.15) is 5.10 Å². The largest absolute Gasteiger partial charge is 0.456 e. The molecule has 8 heteroatoms. The van der Waals surface area contributed by atoms with Gasteiger partial charge in [0.05, 0.1) is 17.9 Å². The predicted octanol–water partition coefficient (Wildman–Crippen LogP) is 5.62. The Balaban J connectivity index is 1.45. The zero-order valence-electron chi connectivity index (χ0n) is 20.3. The number of piperidine rings is 1. The average molecular weight is 493 g/mol. The highest BCUT2D eigenvalue weighted by Gasteiger charge is 2.39. The standard InChI is InChI=1S/C28H30F2N4O2/c1-17-2-5-25-26(34(17)28(35)18-3-4-18)7-6-24(27(25)36-23-13-20(29)12-21(30)14-23)19-15-32-33(16-19)22-8-10-31-11-9-22/h6-7,12-18,22,31H,2-5,8-11H2,1H3/t17-/m0/s1. The van der Waals surface area contributed by atoms with Crippen molar-refractivity contribution in [2.75, 3.05) is 18.0 Å². The van der Waals surface area contributed by atoms with Crippen molar-refractivity contribution in [3.63, 3.8) is 0 Å². The summed E-state index contributed by atoms with van der Waals surface area (Å²) >= 11 is 0. The second-order valence-corrected chi connectivity index (χ2v) is 10.2. The maximum Gasteiger partial charge on any atom is 0.230 e. The van der Waals surface area contributed by atoms with Crippen LogP contribution in [0.5, 0.6) is 11.5 Å². The molecule has 0 spiro atoms. The van der Waals surface area contributed by atoms with E-state index < -0.39 is 11.6 Å². The van der Waals surface area contributed by atoms with Crippen molar-refractivity contribution in [2.45, 2.75) is 57.5 Å². The molecule has 1 saturated carbocycles. The Kier molecular flexibility index (Phi) is 5.99. The second kappa shape index (κ2) is 9.32. The van der Waals surface area contributed by atoms with Crippen molar-refractivity contribution in [2.24, 2.45) is 5.92 Å². The van der Waals surface area contributed by atoms with Crippen LogP contribution in [0.15, 0.2) is 42.7 Å². The van der Waals surface area contributed by atoms with Crippen molar-refractivity contribution in [3.8, 4) is 22.6 Å². The number of amides is 1. The first-order chi connectivity index (χ1) is 17.5. The van der Waals surface area contributed by atoms with Crippen LogP contribution in [0.3, 0.4) is 0 Å². The maximum absolute atomic E-state index is 14.0. The number of aromatic nitrogens is 2. The average Bonchev–Trinajstić information content (AvgIpc) is 3.60. The molecule has 2 aliphatic heterocycles. The van der Waals surface area contributed by atoms with E-state index in [1.54, 1.807) is 0 Å². The molecule has 3 heterocycles. The lowest BCUT2D eigenvalue weighted by atomic mass is 9.92. The molecule has 0 bridgehead atoms. The van der Waals surface area contributed by atoms with Gasteiger partial charge in [-0.25, -0.2) is 8.78 Å². The zero-order valence-corrected chi connectivity index (χ0v) is 20.3. The summed E-state index contributed by atoms with van der Waals surface area (Å²) in [7, 11) is 0. The summed E-state index contributed by atoms with van der Waals surface area (Å²) in [4.78, 5) is 15.1. The molecule has 1 atom stereocenters. The SMILES string of the molecule is C[C@H]1CCc2c(ccc(-c3cnn(C4CCNCC4)c3)c2Oc2cc(F)cc(F)c2)N1C(=O)C1CC1. The molecule has 1 amide bonds. The van der Waals surface area contributed by atoms with E-state index in [0.717, 1.165) is 73.6 Å². The summed E-state index contributed by atoms with van der Waals surface area (Å²) in [5.41, 5.74) is 3.39. The van der Waals surface area contributed by atoms with Gasteiger partial charge in [-0.1, -0.05) is 0 Å². The highest BCUT2D eigenvalue weighted by Crippen LogP contribution is 2.46. The molecule has 1 aliphatic carbocycles. The number of anilines is 1. The molecular formula is C28H30F2N4O2. The first-order valence-corrected chi connectivity index (χ1v) is 12.9. The van der Waals surface area contributed by atoms with Gasteiger partial charge < -0.3 is 15.0 Å². The molecule has 1 aromatic heterocycles. The van der Waals surface area contributed by atoms with Gasteiger partial charge in [0.2, 0.25) is 5.91 Å². The van der Waals surface area contributed by atoms with Crippen LogP contribution < -0.4 is 15.0 Å². The third-order valence-corrected chi connectivity index (χ3v) is 7.56. The quantitative estimate of drug-likeness (QED) is 0.502. The third-order valence-electron chi connectivity index (χ3n) is 7.56. The van der Waals surface area contributed by atoms with E-state index in [2.05, 4.69) is 17.3 Å². The van der Waals surface area contributed by atoms with E-state index in [4.69, 9.17) is 4.74 Å². The van der Waals surface area contributed by atoms with Gasteiger partial charge in [0.25, 0.3) is 0 Å². The highest BCUT2D eigenvalue weighted by atomic mass is 19.1. The van der Waals surface area contributed by atoms with Crippen LogP contribution in [-0.4, -0.2) is 34.8 Å². The fourth-order valence-electron chi connectivity index (χ4n) is 5.46. The summed E-state index contributed by atoms with van der Waals surface area (Å²) in [6.07, 6.45) is 9.21. The lowest BCUT2D eigenvalue weighted by Crippen LogP contribution is -2.43. The molecule has 2 aromatic carbocycles. The number of hydrogen-bond acceptors (Lipinski definition) is 4. The third kappa shape index (κ3) is 4.39. The first-order valence-electron chi connectivity index (χ1n) is 12.9. The Hall–Kier alpha value is -3.26. The zero-order chi connectivity index (χ0) is 24.8. The van der Waals surface area contributed by atoms with Crippen molar-refractivity contribution < 1.29 is 18.3 Å². The molecule has 188 valence electrons. The van der Waals surface area contributed by atoms with Crippen LogP contribution in [0.25, 0.3) is 11.1 Å². The Labute approximate surface area is 209 Å². The van der Waals surface area contributed by atoms with Crippen LogP contribution in [0.4, 0.5) is 14.5 Å². The van der Waals surface area contributed by atoms with E-state index in [9.17, 15) is 13.6 Å². The molecule has 6 rings (SSSR count). The maximum atomic E-state index is 14.0.